The summed E-state index contributed by atoms with van der Waals surface area (Å²) in [5.41, 5.74) is 1.25. The molecule has 0 saturated carbocycles. The van der Waals surface area contributed by atoms with Crippen molar-refractivity contribution in [2.75, 3.05) is 7.11 Å². The Kier molecular flexibility index (Phi) is 3.22. The molecule has 0 spiro atoms. The summed E-state index contributed by atoms with van der Waals surface area (Å²) >= 11 is 0. The molecule has 0 bridgehead atoms. The number of rotatable bonds is 3. The normalized spacial score (nSPS) is 10.8. The topological polar surface area (TPSA) is 39.4 Å². The van der Waals surface area contributed by atoms with Crippen molar-refractivity contribution in [3.8, 4) is 5.75 Å². The van der Waals surface area contributed by atoms with E-state index in [-0.39, 0.29) is 11.3 Å². The molecular formula is C17H13FO3. The molecule has 1 heterocycles. The molecule has 21 heavy (non-hydrogen) atoms. The lowest BCUT2D eigenvalue weighted by Crippen LogP contribution is -2.04. The summed E-state index contributed by atoms with van der Waals surface area (Å²) in [6.07, 6.45) is 0. The molecule has 0 aliphatic carbocycles. The van der Waals surface area contributed by atoms with E-state index in [9.17, 15) is 9.18 Å². The van der Waals surface area contributed by atoms with E-state index in [4.69, 9.17) is 9.15 Å². The van der Waals surface area contributed by atoms with Gasteiger partial charge in [-0.05, 0) is 31.2 Å². The van der Waals surface area contributed by atoms with Crippen LogP contribution in [0.2, 0.25) is 0 Å². The second kappa shape index (κ2) is 5.05. The van der Waals surface area contributed by atoms with Gasteiger partial charge in [0.1, 0.15) is 17.1 Å². The lowest BCUT2D eigenvalue weighted by atomic mass is 10.0. The minimum atomic E-state index is -0.556. The van der Waals surface area contributed by atoms with Gasteiger partial charge in [0.15, 0.2) is 5.76 Å². The van der Waals surface area contributed by atoms with Crippen molar-refractivity contribution in [2.45, 2.75) is 6.92 Å². The first-order valence-electron chi connectivity index (χ1n) is 6.48. The molecule has 0 unspecified atom stereocenters. The molecule has 0 saturated heterocycles. The summed E-state index contributed by atoms with van der Waals surface area (Å²) in [6.45, 7) is 1.78. The van der Waals surface area contributed by atoms with Crippen LogP contribution in [-0.2, 0) is 0 Å². The van der Waals surface area contributed by atoms with Crippen molar-refractivity contribution in [1.29, 1.82) is 0 Å². The summed E-state index contributed by atoms with van der Waals surface area (Å²) < 4.78 is 24.5. The highest BCUT2D eigenvalue weighted by molar-refractivity contribution is 6.10. The van der Waals surface area contributed by atoms with Gasteiger partial charge < -0.3 is 9.15 Å². The number of hydrogen-bond acceptors (Lipinski definition) is 3. The number of halogens is 1. The van der Waals surface area contributed by atoms with E-state index < -0.39 is 11.6 Å². The maximum absolute atomic E-state index is 13.7. The molecule has 0 fully saturated rings. The molecule has 0 radical (unpaired) electrons. The van der Waals surface area contributed by atoms with E-state index in [0.29, 0.717) is 16.9 Å². The van der Waals surface area contributed by atoms with Gasteiger partial charge in [-0.2, -0.15) is 0 Å². The highest BCUT2D eigenvalue weighted by Crippen LogP contribution is 2.30. The lowest BCUT2D eigenvalue weighted by molar-refractivity contribution is 0.101. The van der Waals surface area contributed by atoms with Crippen LogP contribution in [-0.4, -0.2) is 12.9 Å². The molecular weight excluding hydrogens is 271 g/mol. The number of aryl methyl sites for hydroxylation is 1. The number of furan rings is 1. The molecule has 0 amide bonds. The van der Waals surface area contributed by atoms with Crippen LogP contribution in [0.3, 0.4) is 0 Å². The number of fused-ring (bicyclic) bond motifs is 1. The van der Waals surface area contributed by atoms with Gasteiger partial charge in [-0.1, -0.05) is 12.1 Å². The summed E-state index contributed by atoms with van der Waals surface area (Å²) in [5.74, 6) is -0.217. The van der Waals surface area contributed by atoms with E-state index in [1.165, 1.54) is 12.1 Å². The summed E-state index contributed by atoms with van der Waals surface area (Å²) in [6, 6.07) is 11.2. The first-order chi connectivity index (χ1) is 10.1. The zero-order chi connectivity index (χ0) is 15.0. The Bertz CT molecular complexity index is 833. The number of ketones is 1. The minimum absolute atomic E-state index is 0.00613. The van der Waals surface area contributed by atoms with Crippen LogP contribution in [0.15, 0.2) is 46.9 Å². The maximum Gasteiger partial charge on any atom is 0.231 e. The molecule has 0 atom stereocenters. The first-order valence-corrected chi connectivity index (χ1v) is 6.48. The van der Waals surface area contributed by atoms with Gasteiger partial charge in [0, 0.05) is 17.0 Å². The van der Waals surface area contributed by atoms with Gasteiger partial charge in [0.05, 0.1) is 12.7 Å². The monoisotopic (exact) mass is 284 g/mol. The molecule has 1 aromatic heterocycles. The van der Waals surface area contributed by atoms with Gasteiger partial charge in [-0.25, -0.2) is 4.39 Å². The third kappa shape index (κ3) is 2.18. The zero-order valence-electron chi connectivity index (χ0n) is 11.6. The Morgan fingerprint density at radius 2 is 1.95 bits per heavy atom. The smallest absolute Gasteiger partial charge is 0.231 e. The molecule has 106 valence electrons. The SMILES string of the molecule is COc1ccc2c(C)c(C(=O)c3ccccc3F)oc2c1. The van der Waals surface area contributed by atoms with Crippen LogP contribution in [0.5, 0.6) is 5.75 Å². The summed E-state index contributed by atoms with van der Waals surface area (Å²) in [7, 11) is 1.56. The second-order valence-electron chi connectivity index (χ2n) is 4.73. The lowest BCUT2D eigenvalue weighted by Gasteiger charge is -2.00. The Balaban J connectivity index is 2.14. The van der Waals surface area contributed by atoms with Crippen molar-refractivity contribution in [1.82, 2.24) is 0 Å². The predicted molar refractivity (Wildman–Crippen MR) is 77.3 cm³/mol. The summed E-state index contributed by atoms with van der Waals surface area (Å²) in [5, 5.41) is 0.815. The number of carbonyl (C=O) groups is 1. The molecule has 3 nitrogen and oxygen atoms in total. The Hall–Kier alpha value is -2.62. The van der Waals surface area contributed by atoms with E-state index >= 15 is 0 Å². The number of hydrogen-bond donors (Lipinski definition) is 0. The van der Waals surface area contributed by atoms with E-state index in [1.807, 2.05) is 6.07 Å². The minimum Gasteiger partial charge on any atom is -0.497 e. The Labute approximate surface area is 120 Å². The van der Waals surface area contributed by atoms with Crippen LogP contribution in [0, 0.1) is 12.7 Å². The number of carbonyl (C=O) groups excluding carboxylic acids is 1. The quantitative estimate of drug-likeness (QED) is 0.679. The summed E-state index contributed by atoms with van der Waals surface area (Å²) in [4.78, 5) is 12.4. The van der Waals surface area contributed by atoms with Crippen molar-refractivity contribution < 1.29 is 18.3 Å². The highest BCUT2D eigenvalue weighted by atomic mass is 19.1. The van der Waals surface area contributed by atoms with Gasteiger partial charge in [0.25, 0.3) is 0 Å². The third-order valence-electron chi connectivity index (χ3n) is 3.47. The predicted octanol–water partition coefficient (Wildman–Crippen LogP) is 4.12. The van der Waals surface area contributed by atoms with Gasteiger partial charge in [0.2, 0.25) is 5.78 Å². The Morgan fingerprint density at radius 3 is 2.67 bits per heavy atom. The van der Waals surface area contributed by atoms with Crippen molar-refractivity contribution >= 4 is 16.8 Å². The fraction of sp³-hybridized carbons (Fsp3) is 0.118. The van der Waals surface area contributed by atoms with Crippen molar-refractivity contribution in [3.05, 3.63) is 65.2 Å². The average molecular weight is 284 g/mol. The molecule has 3 aromatic rings. The van der Waals surface area contributed by atoms with Gasteiger partial charge in [-0.15, -0.1) is 0 Å². The van der Waals surface area contributed by atoms with Crippen LogP contribution >= 0.6 is 0 Å². The molecule has 3 rings (SSSR count). The van der Waals surface area contributed by atoms with Crippen molar-refractivity contribution in [3.63, 3.8) is 0 Å². The molecule has 0 aliphatic heterocycles. The number of ether oxygens (including phenoxy) is 1. The van der Waals surface area contributed by atoms with Crippen LogP contribution in [0.4, 0.5) is 4.39 Å². The first kappa shape index (κ1) is 13.4. The number of benzene rings is 2. The van der Waals surface area contributed by atoms with Crippen LogP contribution in [0.1, 0.15) is 21.7 Å². The van der Waals surface area contributed by atoms with Crippen LogP contribution in [0.25, 0.3) is 11.0 Å². The molecule has 0 N–H and O–H groups in total. The van der Waals surface area contributed by atoms with E-state index in [0.717, 1.165) is 5.39 Å². The second-order valence-corrected chi connectivity index (χ2v) is 4.73. The highest BCUT2D eigenvalue weighted by Gasteiger charge is 2.21. The van der Waals surface area contributed by atoms with Gasteiger partial charge >= 0.3 is 0 Å². The standard InChI is InChI=1S/C17H13FO3/c1-10-12-8-7-11(20-2)9-15(12)21-17(10)16(19)13-5-3-4-6-14(13)18/h3-9H,1-2H3. The fourth-order valence-corrected chi connectivity index (χ4v) is 2.32. The zero-order valence-corrected chi connectivity index (χ0v) is 11.6. The average Bonchev–Trinajstić information content (AvgIpc) is 2.83. The van der Waals surface area contributed by atoms with E-state index in [2.05, 4.69) is 0 Å². The molecule has 2 aromatic carbocycles. The van der Waals surface area contributed by atoms with Gasteiger partial charge in [-0.3, -0.25) is 4.79 Å². The maximum atomic E-state index is 13.7. The van der Waals surface area contributed by atoms with E-state index in [1.54, 1.807) is 38.3 Å². The van der Waals surface area contributed by atoms with Crippen LogP contribution < -0.4 is 4.74 Å². The largest absolute Gasteiger partial charge is 0.497 e. The fourth-order valence-electron chi connectivity index (χ4n) is 2.32. The Morgan fingerprint density at radius 1 is 1.19 bits per heavy atom. The molecule has 0 aliphatic rings. The van der Waals surface area contributed by atoms with Crippen molar-refractivity contribution in [2.24, 2.45) is 0 Å². The molecule has 4 heteroatoms. The number of methoxy groups -OCH3 is 1. The third-order valence-corrected chi connectivity index (χ3v) is 3.47.